The molecule has 1 aromatic carbocycles. The summed E-state index contributed by atoms with van der Waals surface area (Å²) >= 11 is 0. The van der Waals surface area contributed by atoms with Crippen LogP contribution in [-0.2, 0) is 4.79 Å². The molecule has 0 bridgehead atoms. The van der Waals surface area contributed by atoms with Crippen molar-refractivity contribution in [3.8, 4) is 6.07 Å². The average Bonchev–Trinajstić information content (AvgIpc) is 2.39. The van der Waals surface area contributed by atoms with E-state index in [1.54, 1.807) is 13.0 Å². The zero-order valence-corrected chi connectivity index (χ0v) is 10.9. The van der Waals surface area contributed by atoms with E-state index in [1.165, 1.54) is 4.90 Å². The number of rotatable bonds is 2. The van der Waals surface area contributed by atoms with E-state index in [-0.39, 0.29) is 23.8 Å². The van der Waals surface area contributed by atoms with E-state index < -0.39 is 23.5 Å². The van der Waals surface area contributed by atoms with Gasteiger partial charge in [0, 0.05) is 12.6 Å². The SMILES string of the molecule is CC1CC(C(=O)O)CCN1c1c(F)cc(C#N)cc1F. The Balaban J connectivity index is 2.30. The largest absolute Gasteiger partial charge is 0.481 e. The highest BCUT2D eigenvalue weighted by molar-refractivity contribution is 5.70. The molecule has 0 spiro atoms. The van der Waals surface area contributed by atoms with Crippen molar-refractivity contribution < 1.29 is 18.7 Å². The van der Waals surface area contributed by atoms with Gasteiger partial charge in [0.15, 0.2) is 11.6 Å². The summed E-state index contributed by atoms with van der Waals surface area (Å²) in [5.74, 6) is -2.94. The topological polar surface area (TPSA) is 64.3 Å². The summed E-state index contributed by atoms with van der Waals surface area (Å²) in [6.07, 6.45) is 0.687. The van der Waals surface area contributed by atoms with Crippen LogP contribution in [0.1, 0.15) is 25.3 Å². The molecule has 0 aliphatic carbocycles. The van der Waals surface area contributed by atoms with Gasteiger partial charge in [-0.05, 0) is 31.9 Å². The van der Waals surface area contributed by atoms with Gasteiger partial charge in [-0.1, -0.05) is 0 Å². The third kappa shape index (κ3) is 2.57. The number of benzene rings is 1. The lowest BCUT2D eigenvalue weighted by molar-refractivity contribution is -0.142. The van der Waals surface area contributed by atoms with Crippen LogP contribution in [0.15, 0.2) is 12.1 Å². The standard InChI is InChI=1S/C14H14F2N2O2/c1-8-4-10(14(19)20)2-3-18(8)13-11(15)5-9(7-17)6-12(13)16/h5-6,8,10H,2-4H2,1H3,(H,19,20). The fourth-order valence-electron chi connectivity index (χ4n) is 2.63. The Hall–Kier alpha value is -2.16. The Kier molecular flexibility index (Phi) is 3.89. The van der Waals surface area contributed by atoms with Crippen molar-refractivity contribution in [3.05, 3.63) is 29.3 Å². The van der Waals surface area contributed by atoms with Crippen molar-refractivity contribution in [1.29, 1.82) is 5.26 Å². The number of aliphatic carboxylic acids is 1. The minimum atomic E-state index is -0.878. The number of halogens is 2. The lowest BCUT2D eigenvalue weighted by Gasteiger charge is -2.38. The lowest BCUT2D eigenvalue weighted by atomic mass is 9.91. The van der Waals surface area contributed by atoms with Crippen LogP contribution in [0.2, 0.25) is 0 Å². The minimum Gasteiger partial charge on any atom is -0.481 e. The third-order valence-electron chi connectivity index (χ3n) is 3.66. The molecule has 2 unspecified atom stereocenters. The molecule has 1 N–H and O–H groups in total. The van der Waals surface area contributed by atoms with Crippen molar-refractivity contribution in [2.45, 2.75) is 25.8 Å². The van der Waals surface area contributed by atoms with Gasteiger partial charge < -0.3 is 10.0 Å². The third-order valence-corrected chi connectivity index (χ3v) is 3.66. The van der Waals surface area contributed by atoms with E-state index in [9.17, 15) is 13.6 Å². The highest BCUT2D eigenvalue weighted by Gasteiger charge is 2.32. The van der Waals surface area contributed by atoms with Gasteiger partial charge in [0.05, 0.1) is 17.6 Å². The molecule has 1 fully saturated rings. The summed E-state index contributed by atoms with van der Waals surface area (Å²) in [6, 6.07) is 3.41. The normalized spacial score (nSPS) is 22.4. The van der Waals surface area contributed by atoms with Crippen LogP contribution in [0.4, 0.5) is 14.5 Å². The van der Waals surface area contributed by atoms with E-state index in [2.05, 4.69) is 0 Å². The molecule has 1 saturated heterocycles. The van der Waals surface area contributed by atoms with Crippen LogP contribution in [0.3, 0.4) is 0 Å². The highest BCUT2D eigenvalue weighted by Crippen LogP contribution is 2.32. The fourth-order valence-corrected chi connectivity index (χ4v) is 2.63. The van der Waals surface area contributed by atoms with Crippen molar-refractivity contribution in [2.75, 3.05) is 11.4 Å². The Labute approximate surface area is 115 Å². The maximum atomic E-state index is 14.0. The Bertz CT molecular complexity index is 560. The summed E-state index contributed by atoms with van der Waals surface area (Å²) in [6.45, 7) is 2.02. The number of nitrogens with zero attached hydrogens (tertiary/aromatic N) is 2. The highest BCUT2D eigenvalue weighted by atomic mass is 19.1. The van der Waals surface area contributed by atoms with Crippen LogP contribution in [-0.4, -0.2) is 23.7 Å². The van der Waals surface area contributed by atoms with Gasteiger partial charge in [0.2, 0.25) is 0 Å². The smallest absolute Gasteiger partial charge is 0.306 e. The number of hydrogen-bond donors (Lipinski definition) is 1. The number of carboxylic acids is 1. The van der Waals surface area contributed by atoms with E-state index in [0.29, 0.717) is 12.8 Å². The predicted octanol–water partition coefficient (Wildman–Crippen LogP) is 2.53. The second-order valence-electron chi connectivity index (χ2n) is 5.00. The maximum absolute atomic E-state index is 14.0. The van der Waals surface area contributed by atoms with E-state index >= 15 is 0 Å². The average molecular weight is 280 g/mol. The van der Waals surface area contributed by atoms with Crippen molar-refractivity contribution in [3.63, 3.8) is 0 Å². The first-order chi connectivity index (χ1) is 9.43. The first-order valence-electron chi connectivity index (χ1n) is 6.32. The predicted molar refractivity (Wildman–Crippen MR) is 68.2 cm³/mol. The van der Waals surface area contributed by atoms with Crippen LogP contribution < -0.4 is 4.90 Å². The molecule has 2 atom stereocenters. The van der Waals surface area contributed by atoms with Crippen LogP contribution in [0, 0.1) is 28.9 Å². The monoisotopic (exact) mass is 280 g/mol. The Morgan fingerprint density at radius 2 is 2.05 bits per heavy atom. The number of piperidine rings is 1. The van der Waals surface area contributed by atoms with E-state index in [0.717, 1.165) is 12.1 Å². The summed E-state index contributed by atoms with van der Waals surface area (Å²) in [5, 5.41) is 17.7. The molecule has 1 aromatic rings. The molecule has 0 amide bonds. The molecule has 20 heavy (non-hydrogen) atoms. The van der Waals surface area contributed by atoms with Crippen molar-refractivity contribution >= 4 is 11.7 Å². The van der Waals surface area contributed by atoms with E-state index in [4.69, 9.17) is 10.4 Å². The van der Waals surface area contributed by atoms with Gasteiger partial charge in [0.25, 0.3) is 0 Å². The molecular weight excluding hydrogens is 266 g/mol. The maximum Gasteiger partial charge on any atom is 0.306 e. The van der Waals surface area contributed by atoms with Gasteiger partial charge in [-0.2, -0.15) is 5.26 Å². The molecule has 6 heteroatoms. The van der Waals surface area contributed by atoms with Gasteiger partial charge >= 0.3 is 5.97 Å². The molecule has 2 rings (SSSR count). The minimum absolute atomic E-state index is 0.0724. The second kappa shape index (κ2) is 5.45. The summed E-state index contributed by atoms with van der Waals surface area (Å²) in [5.41, 5.74) is -0.253. The zero-order chi connectivity index (χ0) is 14.9. The number of anilines is 1. The van der Waals surface area contributed by atoms with E-state index in [1.807, 2.05) is 0 Å². The second-order valence-corrected chi connectivity index (χ2v) is 5.00. The molecule has 1 aliphatic heterocycles. The zero-order valence-electron chi connectivity index (χ0n) is 10.9. The number of nitriles is 1. The molecule has 1 aliphatic rings. The van der Waals surface area contributed by atoms with Crippen molar-refractivity contribution in [2.24, 2.45) is 5.92 Å². The molecule has 0 radical (unpaired) electrons. The van der Waals surface area contributed by atoms with Crippen LogP contribution in [0.5, 0.6) is 0 Å². The van der Waals surface area contributed by atoms with Gasteiger partial charge in [-0.3, -0.25) is 4.79 Å². The van der Waals surface area contributed by atoms with Crippen LogP contribution in [0.25, 0.3) is 0 Å². The molecular formula is C14H14F2N2O2. The molecule has 4 nitrogen and oxygen atoms in total. The summed E-state index contributed by atoms with van der Waals surface area (Å²) in [4.78, 5) is 12.5. The van der Waals surface area contributed by atoms with Gasteiger partial charge in [0.1, 0.15) is 5.69 Å². The quantitative estimate of drug-likeness (QED) is 0.904. The first-order valence-corrected chi connectivity index (χ1v) is 6.32. The molecule has 106 valence electrons. The molecule has 1 heterocycles. The van der Waals surface area contributed by atoms with Gasteiger partial charge in [-0.15, -0.1) is 0 Å². The number of carbonyl (C=O) groups is 1. The number of hydrogen-bond acceptors (Lipinski definition) is 3. The molecule has 0 aromatic heterocycles. The van der Waals surface area contributed by atoms with Crippen molar-refractivity contribution in [1.82, 2.24) is 0 Å². The summed E-state index contributed by atoms with van der Waals surface area (Å²) < 4.78 is 27.9. The lowest BCUT2D eigenvalue weighted by Crippen LogP contribution is -2.43. The Morgan fingerprint density at radius 3 is 2.50 bits per heavy atom. The first kappa shape index (κ1) is 14.3. The van der Waals surface area contributed by atoms with Gasteiger partial charge in [-0.25, -0.2) is 8.78 Å². The number of carboxylic acid groups (broad SMARTS) is 1. The Morgan fingerprint density at radius 1 is 1.45 bits per heavy atom. The summed E-state index contributed by atoms with van der Waals surface area (Å²) in [7, 11) is 0. The fraction of sp³-hybridized carbons (Fsp3) is 0.429. The van der Waals surface area contributed by atoms with Crippen LogP contribution >= 0.6 is 0 Å². The molecule has 0 saturated carbocycles.